The number of amides is 2. The Hall–Kier alpha value is -3.36. The second-order valence-corrected chi connectivity index (χ2v) is 10.9. The fraction of sp³-hybridized carbons (Fsp3) is 0.286. The number of carbonyl (C=O) groups excluding carboxylic acids is 2. The van der Waals surface area contributed by atoms with Gasteiger partial charge in [0, 0.05) is 18.1 Å². The van der Waals surface area contributed by atoms with Gasteiger partial charge in [-0.05, 0) is 62.2 Å². The summed E-state index contributed by atoms with van der Waals surface area (Å²) >= 11 is 5.97. The molecule has 9 heteroatoms. The Balaban J connectivity index is 2.02. The average Bonchev–Trinajstić information content (AvgIpc) is 2.89. The summed E-state index contributed by atoms with van der Waals surface area (Å²) in [6.45, 7) is 5.72. The number of carbonyl (C=O) groups is 2. The van der Waals surface area contributed by atoms with Crippen molar-refractivity contribution in [2.75, 3.05) is 17.4 Å². The highest BCUT2D eigenvalue weighted by Gasteiger charge is 2.33. The van der Waals surface area contributed by atoms with E-state index in [0.29, 0.717) is 23.7 Å². The number of nitrogens with zero attached hydrogens (tertiary/aromatic N) is 2. The van der Waals surface area contributed by atoms with E-state index < -0.39 is 28.5 Å². The second-order valence-electron chi connectivity index (χ2n) is 8.63. The molecule has 0 bridgehead atoms. The quantitative estimate of drug-likeness (QED) is 0.378. The summed E-state index contributed by atoms with van der Waals surface area (Å²) in [6, 6.07) is 21.2. The summed E-state index contributed by atoms with van der Waals surface area (Å²) < 4.78 is 28.5. The Bertz CT molecular complexity index is 1300. The maximum absolute atomic E-state index is 13.9. The number of nitrogens with one attached hydrogen (secondary N) is 1. The number of sulfonamides is 1. The summed E-state index contributed by atoms with van der Waals surface area (Å²) in [7, 11) is -4.11. The molecule has 0 fully saturated rings. The van der Waals surface area contributed by atoms with Gasteiger partial charge >= 0.3 is 0 Å². The molecule has 196 valence electrons. The molecule has 3 aromatic rings. The summed E-state index contributed by atoms with van der Waals surface area (Å²) in [5.41, 5.74) is 2.25. The van der Waals surface area contributed by atoms with Crippen LogP contribution in [0.1, 0.15) is 31.4 Å². The van der Waals surface area contributed by atoms with Crippen LogP contribution in [0.15, 0.2) is 83.8 Å². The van der Waals surface area contributed by atoms with Gasteiger partial charge in [0.1, 0.15) is 12.6 Å². The van der Waals surface area contributed by atoms with E-state index in [9.17, 15) is 18.0 Å². The number of hydrogen-bond donors (Lipinski definition) is 1. The van der Waals surface area contributed by atoms with Gasteiger partial charge in [0.2, 0.25) is 11.8 Å². The molecular weight excluding hydrogens is 510 g/mol. The van der Waals surface area contributed by atoms with Crippen LogP contribution in [0.25, 0.3) is 0 Å². The van der Waals surface area contributed by atoms with Gasteiger partial charge in [0.15, 0.2) is 0 Å². The van der Waals surface area contributed by atoms with Gasteiger partial charge in [-0.3, -0.25) is 13.9 Å². The van der Waals surface area contributed by atoms with Crippen molar-refractivity contribution >= 4 is 39.1 Å². The zero-order valence-electron chi connectivity index (χ0n) is 21.2. The number of benzene rings is 3. The molecule has 1 unspecified atom stereocenters. The third-order valence-corrected chi connectivity index (χ3v) is 7.98. The highest BCUT2D eigenvalue weighted by molar-refractivity contribution is 7.92. The highest BCUT2D eigenvalue weighted by atomic mass is 35.5. The number of likely N-dealkylation sites (N-methyl/N-ethyl adjacent to an activating group) is 1. The van der Waals surface area contributed by atoms with E-state index in [1.165, 1.54) is 29.2 Å². The lowest BCUT2D eigenvalue weighted by Crippen LogP contribution is -2.52. The summed E-state index contributed by atoms with van der Waals surface area (Å²) in [6.07, 6.45) is 0.374. The second kappa shape index (κ2) is 12.7. The van der Waals surface area contributed by atoms with Crippen molar-refractivity contribution in [3.05, 3.63) is 95.0 Å². The molecule has 0 aliphatic heterocycles. The Kier molecular flexibility index (Phi) is 9.72. The molecule has 0 aliphatic carbocycles. The SMILES string of the molecule is CCNC(=O)C(CC)N(Cc1ccc(C)cc1)C(=O)CN(c1ccccc1)S(=O)(=O)c1ccc(Cl)cc1. The van der Waals surface area contributed by atoms with E-state index in [1.54, 1.807) is 30.3 Å². The number of aryl methyl sites for hydroxylation is 1. The number of halogens is 1. The highest BCUT2D eigenvalue weighted by Crippen LogP contribution is 2.25. The van der Waals surface area contributed by atoms with E-state index >= 15 is 0 Å². The van der Waals surface area contributed by atoms with E-state index in [4.69, 9.17) is 11.6 Å². The summed E-state index contributed by atoms with van der Waals surface area (Å²) in [4.78, 5) is 28.2. The molecule has 3 aromatic carbocycles. The minimum absolute atomic E-state index is 0.00871. The lowest BCUT2D eigenvalue weighted by molar-refractivity contribution is -0.140. The van der Waals surface area contributed by atoms with Gasteiger partial charge in [0.25, 0.3) is 10.0 Å². The lowest BCUT2D eigenvalue weighted by atomic mass is 10.1. The maximum Gasteiger partial charge on any atom is 0.264 e. The van der Waals surface area contributed by atoms with Gasteiger partial charge in [0.05, 0.1) is 10.6 Å². The molecule has 7 nitrogen and oxygen atoms in total. The van der Waals surface area contributed by atoms with Gasteiger partial charge in [-0.2, -0.15) is 0 Å². The molecule has 37 heavy (non-hydrogen) atoms. The number of para-hydroxylation sites is 1. The molecule has 1 atom stereocenters. The van der Waals surface area contributed by atoms with Gasteiger partial charge in [-0.1, -0.05) is 66.6 Å². The molecule has 0 saturated carbocycles. The van der Waals surface area contributed by atoms with Crippen LogP contribution in [0, 0.1) is 6.92 Å². The Morgan fingerprint density at radius 2 is 1.54 bits per heavy atom. The van der Waals surface area contributed by atoms with Crippen molar-refractivity contribution in [2.24, 2.45) is 0 Å². The molecule has 3 rings (SSSR count). The van der Waals surface area contributed by atoms with E-state index in [1.807, 2.05) is 45.0 Å². The van der Waals surface area contributed by atoms with Gasteiger partial charge in [-0.15, -0.1) is 0 Å². The van der Waals surface area contributed by atoms with Crippen LogP contribution in [0.4, 0.5) is 5.69 Å². The zero-order valence-corrected chi connectivity index (χ0v) is 22.8. The molecule has 0 aliphatic rings. The minimum Gasteiger partial charge on any atom is -0.355 e. The summed E-state index contributed by atoms with van der Waals surface area (Å²) in [5, 5.41) is 3.20. The van der Waals surface area contributed by atoms with E-state index in [-0.39, 0.29) is 17.3 Å². The van der Waals surface area contributed by atoms with Crippen LogP contribution >= 0.6 is 11.6 Å². The average molecular weight is 542 g/mol. The molecule has 0 saturated heterocycles. The third kappa shape index (κ3) is 7.11. The molecular formula is C28H32ClN3O4S. The van der Waals surface area contributed by atoms with Crippen molar-refractivity contribution in [3.8, 4) is 0 Å². The van der Waals surface area contributed by atoms with Crippen molar-refractivity contribution in [1.29, 1.82) is 0 Å². The van der Waals surface area contributed by atoms with Crippen molar-refractivity contribution in [2.45, 2.75) is 44.7 Å². The Morgan fingerprint density at radius 3 is 2.11 bits per heavy atom. The topological polar surface area (TPSA) is 86.8 Å². The number of anilines is 1. The fourth-order valence-electron chi connectivity index (χ4n) is 3.96. The molecule has 1 N–H and O–H groups in total. The minimum atomic E-state index is -4.11. The maximum atomic E-state index is 13.9. The molecule has 0 radical (unpaired) electrons. The predicted molar refractivity (Wildman–Crippen MR) is 147 cm³/mol. The van der Waals surface area contributed by atoms with Gasteiger partial charge in [-0.25, -0.2) is 8.42 Å². The largest absolute Gasteiger partial charge is 0.355 e. The third-order valence-electron chi connectivity index (χ3n) is 5.94. The normalized spacial score (nSPS) is 12.0. The Morgan fingerprint density at radius 1 is 0.919 bits per heavy atom. The first-order valence-electron chi connectivity index (χ1n) is 12.1. The van der Waals surface area contributed by atoms with Crippen LogP contribution in [-0.4, -0.2) is 44.3 Å². The fourth-order valence-corrected chi connectivity index (χ4v) is 5.50. The number of hydrogen-bond acceptors (Lipinski definition) is 4. The zero-order chi connectivity index (χ0) is 27.0. The van der Waals surface area contributed by atoms with E-state index in [0.717, 1.165) is 15.4 Å². The standard InChI is InChI=1S/C28H32ClN3O4S/c1-4-26(28(34)30-5-2)31(19-22-13-11-21(3)12-14-22)27(33)20-32(24-9-7-6-8-10-24)37(35,36)25-17-15-23(29)16-18-25/h6-18,26H,4-5,19-20H2,1-3H3,(H,30,34). The van der Waals surface area contributed by atoms with Crippen molar-refractivity contribution in [3.63, 3.8) is 0 Å². The first kappa shape index (κ1) is 28.2. The van der Waals surface area contributed by atoms with Gasteiger partial charge < -0.3 is 10.2 Å². The van der Waals surface area contributed by atoms with Crippen LogP contribution in [0.5, 0.6) is 0 Å². The first-order chi connectivity index (χ1) is 17.7. The smallest absolute Gasteiger partial charge is 0.264 e. The summed E-state index contributed by atoms with van der Waals surface area (Å²) in [5.74, 6) is -0.766. The molecule has 0 spiro atoms. The Labute approximate surface area is 224 Å². The predicted octanol–water partition coefficient (Wildman–Crippen LogP) is 4.79. The monoisotopic (exact) mass is 541 g/mol. The van der Waals surface area contributed by atoms with Crippen LogP contribution in [0.3, 0.4) is 0 Å². The van der Waals surface area contributed by atoms with Crippen LogP contribution in [0.2, 0.25) is 5.02 Å². The molecule has 0 heterocycles. The molecule has 0 aromatic heterocycles. The van der Waals surface area contributed by atoms with Crippen LogP contribution < -0.4 is 9.62 Å². The van der Waals surface area contributed by atoms with Crippen LogP contribution in [-0.2, 0) is 26.2 Å². The molecule has 2 amide bonds. The van der Waals surface area contributed by atoms with E-state index in [2.05, 4.69) is 5.32 Å². The lowest BCUT2D eigenvalue weighted by Gasteiger charge is -2.33. The van der Waals surface area contributed by atoms with Crippen molar-refractivity contribution < 1.29 is 18.0 Å². The first-order valence-corrected chi connectivity index (χ1v) is 13.9. The van der Waals surface area contributed by atoms with Crippen molar-refractivity contribution in [1.82, 2.24) is 10.2 Å². The number of rotatable bonds is 11.